The average Bonchev–Trinajstić information content (AvgIpc) is 3.10. The van der Waals surface area contributed by atoms with Crippen molar-refractivity contribution in [3.8, 4) is 11.3 Å². The summed E-state index contributed by atoms with van der Waals surface area (Å²) in [5.74, 6) is -0.691. The number of carbonyl (C=O) groups excluding carboxylic acids is 2. The number of thiophene rings is 1. The molecule has 0 bridgehead atoms. The van der Waals surface area contributed by atoms with E-state index in [-0.39, 0.29) is 16.5 Å². The summed E-state index contributed by atoms with van der Waals surface area (Å²) in [6, 6.07) is 7.37. The Balaban J connectivity index is 1.66. The number of nitrogens with two attached hydrogens (primary N) is 2. The number of nitrogens with zero attached hydrogens (tertiary/aromatic N) is 3. The molecule has 2 amide bonds. The number of anilines is 2. The fourth-order valence-electron chi connectivity index (χ4n) is 3.39. The molecule has 162 valence electrons. The number of hydrogen-bond acceptors (Lipinski definition) is 9. The molecule has 0 radical (unpaired) electrons. The Morgan fingerprint density at radius 2 is 2.06 bits per heavy atom. The van der Waals surface area contributed by atoms with Crippen LogP contribution in [0.2, 0.25) is 0 Å². The molecule has 0 saturated carbocycles. The Hall–Kier alpha value is -2.73. The van der Waals surface area contributed by atoms with Gasteiger partial charge in [-0.1, -0.05) is 23.9 Å². The van der Waals surface area contributed by atoms with Crippen molar-refractivity contribution < 1.29 is 14.3 Å². The molecule has 5 N–H and O–H groups in total. The number of morpholine rings is 1. The van der Waals surface area contributed by atoms with Gasteiger partial charge in [-0.15, -0.1) is 11.3 Å². The van der Waals surface area contributed by atoms with E-state index in [1.54, 1.807) is 0 Å². The van der Waals surface area contributed by atoms with Gasteiger partial charge in [0.15, 0.2) is 5.16 Å². The van der Waals surface area contributed by atoms with Crippen LogP contribution in [0.4, 0.5) is 11.4 Å². The third-order valence-corrected chi connectivity index (χ3v) is 6.53. The van der Waals surface area contributed by atoms with Crippen molar-refractivity contribution in [3.63, 3.8) is 0 Å². The molecule has 1 aromatic carbocycles. The van der Waals surface area contributed by atoms with Gasteiger partial charge in [-0.3, -0.25) is 14.5 Å². The number of amides is 2. The van der Waals surface area contributed by atoms with E-state index in [2.05, 4.69) is 20.2 Å². The second-order valence-corrected chi connectivity index (χ2v) is 8.74. The molecule has 0 aliphatic carbocycles. The zero-order valence-corrected chi connectivity index (χ0v) is 18.5. The van der Waals surface area contributed by atoms with E-state index >= 15 is 0 Å². The molecule has 4 rings (SSSR count). The topological polar surface area (TPSA) is 136 Å². The van der Waals surface area contributed by atoms with Gasteiger partial charge in [0.05, 0.1) is 36.5 Å². The van der Waals surface area contributed by atoms with Gasteiger partial charge in [-0.2, -0.15) is 0 Å². The molecule has 3 heterocycles. The summed E-state index contributed by atoms with van der Waals surface area (Å²) in [6.07, 6.45) is 1.87. The standard InChI is InChI=1S/C20H22N6O3S2/c1-30-20-24-16(14-15(21)17(18(22)28)31-19(14)25-20)11-3-2-4-12(9-11)23-13(27)10-26-5-7-29-8-6-26/h2-4,9H,5-8,10,21H2,1H3,(H2,22,28)(H,23,27). The quantitative estimate of drug-likeness (QED) is 0.377. The summed E-state index contributed by atoms with van der Waals surface area (Å²) in [7, 11) is 0. The van der Waals surface area contributed by atoms with E-state index in [1.807, 2.05) is 30.5 Å². The van der Waals surface area contributed by atoms with Crippen molar-refractivity contribution >= 4 is 56.5 Å². The van der Waals surface area contributed by atoms with Crippen molar-refractivity contribution in [3.05, 3.63) is 29.1 Å². The minimum atomic E-state index is -0.596. The fourth-order valence-corrected chi connectivity index (χ4v) is 4.76. The number of thioether (sulfide) groups is 1. The average molecular weight is 459 g/mol. The predicted octanol–water partition coefficient (Wildman–Crippen LogP) is 2.03. The monoisotopic (exact) mass is 458 g/mol. The minimum Gasteiger partial charge on any atom is -0.397 e. The van der Waals surface area contributed by atoms with Crippen LogP contribution < -0.4 is 16.8 Å². The van der Waals surface area contributed by atoms with Crippen molar-refractivity contribution in [1.82, 2.24) is 14.9 Å². The fraction of sp³-hybridized carbons (Fsp3) is 0.300. The van der Waals surface area contributed by atoms with Crippen molar-refractivity contribution in [2.45, 2.75) is 5.16 Å². The summed E-state index contributed by atoms with van der Waals surface area (Å²) in [5.41, 5.74) is 14.0. The Morgan fingerprint density at radius 1 is 1.29 bits per heavy atom. The van der Waals surface area contributed by atoms with Crippen LogP contribution in [0.5, 0.6) is 0 Å². The molecule has 2 aromatic heterocycles. The molecule has 31 heavy (non-hydrogen) atoms. The van der Waals surface area contributed by atoms with E-state index in [0.717, 1.165) is 30.0 Å². The highest BCUT2D eigenvalue weighted by Gasteiger charge is 2.21. The van der Waals surface area contributed by atoms with Crippen molar-refractivity contribution in [2.75, 3.05) is 50.2 Å². The third kappa shape index (κ3) is 4.64. The number of carbonyl (C=O) groups is 2. The zero-order chi connectivity index (χ0) is 22.0. The first kappa shape index (κ1) is 21.5. The van der Waals surface area contributed by atoms with Gasteiger partial charge in [0.25, 0.3) is 5.91 Å². The molecule has 1 fully saturated rings. The van der Waals surface area contributed by atoms with Gasteiger partial charge in [0.1, 0.15) is 9.71 Å². The van der Waals surface area contributed by atoms with Crippen LogP contribution in [0.3, 0.4) is 0 Å². The predicted molar refractivity (Wildman–Crippen MR) is 123 cm³/mol. The van der Waals surface area contributed by atoms with E-state index in [1.165, 1.54) is 11.8 Å². The highest BCUT2D eigenvalue weighted by molar-refractivity contribution is 7.98. The van der Waals surface area contributed by atoms with Crippen LogP contribution in [0.1, 0.15) is 9.67 Å². The summed E-state index contributed by atoms with van der Waals surface area (Å²) in [5, 5.41) is 4.09. The second kappa shape index (κ2) is 9.18. The third-order valence-electron chi connectivity index (χ3n) is 4.87. The lowest BCUT2D eigenvalue weighted by molar-refractivity contribution is -0.118. The lowest BCUT2D eigenvalue weighted by Crippen LogP contribution is -2.41. The number of hydrogen-bond donors (Lipinski definition) is 3. The van der Waals surface area contributed by atoms with Gasteiger partial charge in [0, 0.05) is 24.3 Å². The largest absolute Gasteiger partial charge is 0.397 e. The van der Waals surface area contributed by atoms with E-state index < -0.39 is 5.91 Å². The van der Waals surface area contributed by atoms with E-state index in [9.17, 15) is 9.59 Å². The molecule has 0 atom stereocenters. The van der Waals surface area contributed by atoms with Crippen molar-refractivity contribution in [2.24, 2.45) is 5.73 Å². The molecule has 0 unspecified atom stereocenters. The Labute approximate surface area is 187 Å². The number of nitrogen functional groups attached to an aromatic ring is 1. The van der Waals surface area contributed by atoms with Crippen LogP contribution in [-0.4, -0.2) is 65.8 Å². The van der Waals surface area contributed by atoms with Gasteiger partial charge >= 0.3 is 0 Å². The molecular formula is C20H22N6O3S2. The van der Waals surface area contributed by atoms with Crippen molar-refractivity contribution in [1.29, 1.82) is 0 Å². The molecule has 3 aromatic rings. The molecule has 1 aliphatic heterocycles. The smallest absolute Gasteiger partial charge is 0.260 e. The van der Waals surface area contributed by atoms with E-state index in [0.29, 0.717) is 46.5 Å². The van der Waals surface area contributed by atoms with E-state index in [4.69, 9.17) is 16.2 Å². The van der Waals surface area contributed by atoms with Crippen LogP contribution in [0.15, 0.2) is 29.4 Å². The highest BCUT2D eigenvalue weighted by atomic mass is 32.2. The van der Waals surface area contributed by atoms with Gasteiger partial charge in [0.2, 0.25) is 5.91 Å². The van der Waals surface area contributed by atoms with Gasteiger partial charge in [-0.25, -0.2) is 9.97 Å². The molecular weight excluding hydrogens is 436 g/mol. The number of aromatic nitrogens is 2. The molecule has 1 aliphatic rings. The number of ether oxygens (including phenoxy) is 1. The maximum Gasteiger partial charge on any atom is 0.260 e. The molecule has 11 heteroatoms. The lowest BCUT2D eigenvalue weighted by Gasteiger charge is -2.25. The maximum absolute atomic E-state index is 12.5. The minimum absolute atomic E-state index is 0.0947. The normalized spacial score (nSPS) is 14.6. The Kier molecular flexibility index (Phi) is 6.37. The lowest BCUT2D eigenvalue weighted by atomic mass is 10.1. The zero-order valence-electron chi connectivity index (χ0n) is 16.9. The summed E-state index contributed by atoms with van der Waals surface area (Å²) in [6.45, 7) is 3.06. The summed E-state index contributed by atoms with van der Waals surface area (Å²) >= 11 is 2.55. The molecule has 9 nitrogen and oxygen atoms in total. The van der Waals surface area contributed by atoms with Crippen LogP contribution >= 0.6 is 23.1 Å². The molecule has 0 spiro atoms. The van der Waals surface area contributed by atoms with Gasteiger partial charge in [-0.05, 0) is 18.4 Å². The first-order valence-electron chi connectivity index (χ1n) is 9.60. The molecule has 1 saturated heterocycles. The highest BCUT2D eigenvalue weighted by Crippen LogP contribution is 2.39. The SMILES string of the molecule is CSc1nc(-c2cccc(NC(=O)CN3CCOCC3)c2)c2c(N)c(C(N)=O)sc2n1. The summed E-state index contributed by atoms with van der Waals surface area (Å²) < 4.78 is 5.32. The van der Waals surface area contributed by atoms with Gasteiger partial charge < -0.3 is 21.5 Å². The maximum atomic E-state index is 12.5. The number of rotatable bonds is 6. The van der Waals surface area contributed by atoms with Crippen LogP contribution in [0, 0.1) is 0 Å². The second-order valence-electron chi connectivity index (χ2n) is 6.97. The first-order chi connectivity index (χ1) is 15.0. The van der Waals surface area contributed by atoms with Crippen LogP contribution in [0.25, 0.3) is 21.5 Å². The first-order valence-corrected chi connectivity index (χ1v) is 11.6. The number of fused-ring (bicyclic) bond motifs is 1. The Morgan fingerprint density at radius 3 is 2.77 bits per heavy atom. The summed E-state index contributed by atoms with van der Waals surface area (Å²) in [4.78, 5) is 36.3. The number of benzene rings is 1. The number of nitrogens with one attached hydrogen (secondary N) is 1. The number of primary amides is 1. The van der Waals surface area contributed by atoms with Crippen LogP contribution in [-0.2, 0) is 9.53 Å². The Bertz CT molecular complexity index is 1140.